The molecule has 1 amide bonds. The second-order valence-corrected chi connectivity index (χ2v) is 7.01. The zero-order chi connectivity index (χ0) is 22.4. The molecule has 0 unspecified atom stereocenters. The van der Waals surface area contributed by atoms with Crippen molar-refractivity contribution in [2.75, 3.05) is 5.32 Å². The number of rotatable bonds is 7. The maximum absolute atomic E-state index is 12.8. The molecule has 8 nitrogen and oxygen atoms in total. The van der Waals surface area contributed by atoms with Crippen molar-refractivity contribution in [2.45, 2.75) is 39.3 Å². The summed E-state index contributed by atoms with van der Waals surface area (Å²) in [5.74, 6) is -1.35. The molecule has 0 spiro atoms. The van der Waals surface area contributed by atoms with E-state index >= 15 is 0 Å². The molecule has 0 saturated heterocycles. The van der Waals surface area contributed by atoms with E-state index in [4.69, 9.17) is 10.00 Å². The quantitative estimate of drug-likeness (QED) is 0.589. The molecule has 0 aliphatic rings. The smallest absolute Gasteiger partial charge is 0.360 e. The second kappa shape index (κ2) is 9.67. The third kappa shape index (κ3) is 4.95. The van der Waals surface area contributed by atoms with Crippen molar-refractivity contribution < 1.29 is 14.3 Å². The highest BCUT2D eigenvalue weighted by atomic mass is 16.5. The van der Waals surface area contributed by atoms with E-state index < -0.39 is 18.0 Å². The Labute approximate surface area is 179 Å². The van der Waals surface area contributed by atoms with E-state index in [0.717, 1.165) is 12.8 Å². The third-order valence-corrected chi connectivity index (χ3v) is 4.70. The van der Waals surface area contributed by atoms with Gasteiger partial charge in [-0.2, -0.15) is 10.4 Å². The molecule has 0 bridgehead atoms. The number of esters is 1. The van der Waals surface area contributed by atoms with Crippen molar-refractivity contribution in [1.29, 1.82) is 5.26 Å². The number of ether oxygens (including phenoxy) is 1. The average molecular weight is 418 g/mol. The molecule has 1 heterocycles. The van der Waals surface area contributed by atoms with Crippen LogP contribution in [0.2, 0.25) is 0 Å². The van der Waals surface area contributed by atoms with Crippen LogP contribution in [0.25, 0.3) is 10.8 Å². The summed E-state index contributed by atoms with van der Waals surface area (Å²) in [5.41, 5.74) is 0.525. The van der Waals surface area contributed by atoms with E-state index in [2.05, 4.69) is 10.4 Å². The topological polar surface area (TPSA) is 114 Å². The van der Waals surface area contributed by atoms with Crippen LogP contribution in [0.15, 0.2) is 53.3 Å². The number of hydrogen-bond donors (Lipinski definition) is 1. The van der Waals surface area contributed by atoms with Crippen molar-refractivity contribution in [2.24, 2.45) is 0 Å². The number of nitrogens with one attached hydrogen (secondary N) is 1. The largest absolute Gasteiger partial charge is 0.448 e. The van der Waals surface area contributed by atoms with Crippen LogP contribution < -0.4 is 10.9 Å². The van der Waals surface area contributed by atoms with Gasteiger partial charge in [-0.1, -0.05) is 37.6 Å². The van der Waals surface area contributed by atoms with Crippen LogP contribution in [0.3, 0.4) is 0 Å². The molecule has 2 aromatic carbocycles. The number of carbonyl (C=O) groups is 2. The third-order valence-electron chi connectivity index (χ3n) is 4.70. The van der Waals surface area contributed by atoms with E-state index in [-0.39, 0.29) is 11.3 Å². The first-order chi connectivity index (χ1) is 14.9. The monoisotopic (exact) mass is 418 g/mol. The lowest BCUT2D eigenvalue weighted by molar-refractivity contribution is -0.123. The molecule has 8 heteroatoms. The van der Waals surface area contributed by atoms with E-state index in [0.29, 0.717) is 28.6 Å². The molecule has 158 valence electrons. The summed E-state index contributed by atoms with van der Waals surface area (Å²) in [6, 6.07) is 15.1. The predicted octanol–water partition coefficient (Wildman–Crippen LogP) is 3.25. The molecule has 0 aliphatic heterocycles. The number of unbranched alkanes of at least 4 members (excludes halogenated alkanes) is 1. The maximum atomic E-state index is 12.8. The number of carbonyl (C=O) groups excluding carboxylic acids is 2. The molecular weight excluding hydrogens is 396 g/mol. The van der Waals surface area contributed by atoms with E-state index in [9.17, 15) is 14.4 Å². The van der Waals surface area contributed by atoms with Crippen LogP contribution in [0, 0.1) is 11.3 Å². The Hall–Kier alpha value is -3.99. The van der Waals surface area contributed by atoms with Gasteiger partial charge in [-0.05, 0) is 37.6 Å². The summed E-state index contributed by atoms with van der Waals surface area (Å²) >= 11 is 0. The van der Waals surface area contributed by atoms with Gasteiger partial charge in [-0.3, -0.25) is 9.59 Å². The van der Waals surface area contributed by atoms with Gasteiger partial charge < -0.3 is 10.1 Å². The highest BCUT2D eigenvalue weighted by Crippen LogP contribution is 2.16. The molecule has 3 rings (SSSR count). The molecule has 3 aromatic rings. The fourth-order valence-electron chi connectivity index (χ4n) is 3.03. The van der Waals surface area contributed by atoms with Gasteiger partial charge in [0.15, 0.2) is 11.8 Å². The Balaban J connectivity index is 1.83. The summed E-state index contributed by atoms with van der Waals surface area (Å²) < 4.78 is 6.61. The van der Waals surface area contributed by atoms with Crippen molar-refractivity contribution >= 4 is 28.3 Å². The molecule has 31 heavy (non-hydrogen) atoms. The van der Waals surface area contributed by atoms with Crippen LogP contribution in [-0.2, 0) is 16.1 Å². The lowest BCUT2D eigenvalue weighted by atomic mass is 10.1. The molecule has 0 radical (unpaired) electrons. The number of nitrogens with zero attached hydrogens (tertiary/aromatic N) is 3. The van der Waals surface area contributed by atoms with Gasteiger partial charge in [0.25, 0.3) is 11.5 Å². The molecule has 1 atom stereocenters. The number of amides is 1. The summed E-state index contributed by atoms with van der Waals surface area (Å²) in [6.45, 7) is 3.82. The highest BCUT2D eigenvalue weighted by Gasteiger charge is 2.23. The first kappa shape index (κ1) is 21.7. The van der Waals surface area contributed by atoms with Crippen molar-refractivity contribution in [1.82, 2.24) is 9.78 Å². The molecule has 0 aliphatic carbocycles. The standard InChI is InChI=1S/C23H22N4O4/c1-3-4-12-27-22(29)19-11-6-5-10-18(19)20(26-27)23(30)31-15(2)21(28)25-17-9-7-8-16(13-17)14-24/h5-11,13,15H,3-4,12H2,1-2H3,(H,25,28)/t15-/m1/s1. The van der Waals surface area contributed by atoms with E-state index in [1.54, 1.807) is 42.5 Å². The summed E-state index contributed by atoms with van der Waals surface area (Å²) in [4.78, 5) is 38.0. The Morgan fingerprint density at radius 1 is 1.19 bits per heavy atom. The van der Waals surface area contributed by atoms with Gasteiger partial charge >= 0.3 is 5.97 Å². The number of aromatic nitrogens is 2. The zero-order valence-corrected chi connectivity index (χ0v) is 17.3. The van der Waals surface area contributed by atoms with Crippen molar-refractivity contribution in [3.63, 3.8) is 0 Å². The molecule has 0 fully saturated rings. The van der Waals surface area contributed by atoms with E-state index in [1.165, 1.54) is 17.7 Å². The first-order valence-corrected chi connectivity index (χ1v) is 9.96. The predicted molar refractivity (Wildman–Crippen MR) is 116 cm³/mol. The minimum absolute atomic E-state index is 0.0163. The van der Waals surface area contributed by atoms with Crippen molar-refractivity contribution in [3.8, 4) is 6.07 Å². The Bertz CT molecular complexity index is 1230. The number of anilines is 1. The van der Waals surface area contributed by atoms with Crippen LogP contribution in [-0.4, -0.2) is 27.8 Å². The minimum atomic E-state index is -1.12. The highest BCUT2D eigenvalue weighted by molar-refractivity contribution is 6.03. The zero-order valence-electron chi connectivity index (χ0n) is 17.3. The summed E-state index contributed by atoms with van der Waals surface area (Å²) in [5, 5.41) is 16.5. The van der Waals surface area contributed by atoms with Gasteiger partial charge in [-0.25, -0.2) is 9.48 Å². The molecule has 0 saturated carbocycles. The SMILES string of the molecule is CCCCn1nc(C(=O)O[C@H](C)C(=O)Nc2cccc(C#N)c2)c2ccccc2c1=O. The van der Waals surface area contributed by atoms with Gasteiger partial charge in [0.05, 0.1) is 17.0 Å². The lowest BCUT2D eigenvalue weighted by Crippen LogP contribution is -2.32. The van der Waals surface area contributed by atoms with Crippen LogP contribution in [0.4, 0.5) is 5.69 Å². The Morgan fingerprint density at radius 2 is 1.94 bits per heavy atom. The number of fused-ring (bicyclic) bond motifs is 1. The average Bonchev–Trinajstić information content (AvgIpc) is 2.78. The fourth-order valence-corrected chi connectivity index (χ4v) is 3.03. The molecular formula is C23H22N4O4. The summed E-state index contributed by atoms with van der Waals surface area (Å²) in [7, 11) is 0. The second-order valence-electron chi connectivity index (χ2n) is 7.01. The van der Waals surface area contributed by atoms with Gasteiger partial charge in [0.2, 0.25) is 0 Å². The van der Waals surface area contributed by atoms with E-state index in [1.807, 2.05) is 13.0 Å². The Kier molecular flexibility index (Phi) is 6.78. The number of aryl methyl sites for hydroxylation is 1. The van der Waals surface area contributed by atoms with Gasteiger partial charge in [-0.15, -0.1) is 0 Å². The lowest BCUT2D eigenvalue weighted by Gasteiger charge is -2.15. The molecule has 1 N–H and O–H groups in total. The number of hydrogen-bond acceptors (Lipinski definition) is 6. The van der Waals surface area contributed by atoms with Crippen LogP contribution in [0.5, 0.6) is 0 Å². The van der Waals surface area contributed by atoms with Crippen molar-refractivity contribution in [3.05, 3.63) is 70.1 Å². The van der Waals surface area contributed by atoms with Gasteiger partial charge in [0, 0.05) is 17.6 Å². The summed E-state index contributed by atoms with van der Waals surface area (Å²) in [6.07, 6.45) is 0.487. The first-order valence-electron chi connectivity index (χ1n) is 9.96. The number of nitriles is 1. The maximum Gasteiger partial charge on any atom is 0.360 e. The minimum Gasteiger partial charge on any atom is -0.448 e. The van der Waals surface area contributed by atoms with Crippen LogP contribution in [0.1, 0.15) is 42.7 Å². The normalized spacial score (nSPS) is 11.5. The fraction of sp³-hybridized carbons (Fsp3) is 0.261. The van der Waals surface area contributed by atoms with Gasteiger partial charge in [0.1, 0.15) is 0 Å². The van der Waals surface area contributed by atoms with Crippen LogP contribution >= 0.6 is 0 Å². The number of benzene rings is 2. The molecule has 1 aromatic heterocycles. The Morgan fingerprint density at radius 3 is 2.65 bits per heavy atom.